The van der Waals surface area contributed by atoms with Gasteiger partial charge in [0.05, 0.1) is 18.8 Å². The van der Waals surface area contributed by atoms with Gasteiger partial charge in [-0.05, 0) is 55.0 Å². The molecular formula is C19H16F2N2O2. The molecule has 0 aliphatic carbocycles. The van der Waals surface area contributed by atoms with Gasteiger partial charge in [0.1, 0.15) is 11.6 Å². The summed E-state index contributed by atoms with van der Waals surface area (Å²) in [6.45, 7) is 2.30. The third-order valence-electron chi connectivity index (χ3n) is 3.65. The number of rotatable bonds is 5. The van der Waals surface area contributed by atoms with E-state index >= 15 is 0 Å². The highest BCUT2D eigenvalue weighted by Crippen LogP contribution is 2.22. The van der Waals surface area contributed by atoms with Gasteiger partial charge in [0, 0.05) is 5.56 Å². The normalized spacial score (nSPS) is 10.7. The average molecular weight is 342 g/mol. The van der Waals surface area contributed by atoms with E-state index in [0.29, 0.717) is 17.8 Å². The van der Waals surface area contributed by atoms with Gasteiger partial charge in [-0.3, -0.25) is 4.68 Å². The number of carbonyl (C=O) groups is 1. The van der Waals surface area contributed by atoms with Gasteiger partial charge in [0.25, 0.3) is 0 Å². The largest absolute Gasteiger partial charge is 0.461 e. The molecule has 128 valence electrons. The predicted molar refractivity (Wildman–Crippen MR) is 89.1 cm³/mol. The summed E-state index contributed by atoms with van der Waals surface area (Å²) in [4.78, 5) is 12.0. The van der Waals surface area contributed by atoms with Gasteiger partial charge in [-0.2, -0.15) is 5.10 Å². The highest BCUT2D eigenvalue weighted by molar-refractivity contribution is 5.88. The zero-order valence-electron chi connectivity index (χ0n) is 13.6. The van der Waals surface area contributed by atoms with Crippen LogP contribution in [0.25, 0.3) is 11.3 Å². The van der Waals surface area contributed by atoms with Crippen LogP contribution in [-0.4, -0.2) is 22.4 Å². The van der Waals surface area contributed by atoms with E-state index in [-0.39, 0.29) is 23.9 Å². The standard InChI is InChI=1S/C19H16F2N2O2/c1-2-25-19(24)17-11-18(14-5-9-16(21)10-6-14)23(22-17)12-13-3-7-15(20)8-4-13/h3-11H,2,12H2,1H3. The lowest BCUT2D eigenvalue weighted by molar-refractivity contribution is 0.0518. The Morgan fingerprint density at radius 3 is 2.24 bits per heavy atom. The second kappa shape index (κ2) is 7.25. The van der Waals surface area contributed by atoms with Crippen LogP contribution in [0, 0.1) is 11.6 Å². The van der Waals surface area contributed by atoms with Crippen LogP contribution < -0.4 is 0 Å². The molecule has 3 rings (SSSR count). The molecule has 6 heteroatoms. The highest BCUT2D eigenvalue weighted by atomic mass is 19.1. The van der Waals surface area contributed by atoms with Gasteiger partial charge >= 0.3 is 5.97 Å². The van der Waals surface area contributed by atoms with Crippen molar-refractivity contribution in [3.63, 3.8) is 0 Å². The third kappa shape index (κ3) is 3.91. The summed E-state index contributed by atoms with van der Waals surface area (Å²) in [6, 6.07) is 13.5. The first-order valence-corrected chi connectivity index (χ1v) is 7.82. The Morgan fingerprint density at radius 1 is 1.04 bits per heavy atom. The fraction of sp³-hybridized carbons (Fsp3) is 0.158. The quantitative estimate of drug-likeness (QED) is 0.657. The Bertz CT molecular complexity index is 871. The van der Waals surface area contributed by atoms with Crippen LogP contribution in [0.2, 0.25) is 0 Å². The van der Waals surface area contributed by atoms with Gasteiger partial charge in [-0.25, -0.2) is 13.6 Å². The van der Waals surface area contributed by atoms with Crippen LogP contribution in [0.15, 0.2) is 54.6 Å². The zero-order chi connectivity index (χ0) is 17.8. The molecule has 0 radical (unpaired) electrons. The molecule has 0 amide bonds. The summed E-state index contributed by atoms with van der Waals surface area (Å²) in [5, 5.41) is 4.30. The number of halogens is 2. The Hall–Kier alpha value is -3.02. The van der Waals surface area contributed by atoms with Gasteiger partial charge < -0.3 is 4.74 Å². The number of benzene rings is 2. The Balaban J connectivity index is 2.00. The first-order chi connectivity index (χ1) is 12.1. The first kappa shape index (κ1) is 16.8. The van der Waals surface area contributed by atoms with Crippen molar-refractivity contribution in [2.24, 2.45) is 0 Å². The molecule has 0 aliphatic heterocycles. The molecule has 0 saturated carbocycles. The van der Waals surface area contributed by atoms with E-state index in [2.05, 4.69) is 5.10 Å². The lowest BCUT2D eigenvalue weighted by Gasteiger charge is -2.08. The van der Waals surface area contributed by atoms with Gasteiger partial charge in [-0.1, -0.05) is 12.1 Å². The van der Waals surface area contributed by atoms with Crippen molar-refractivity contribution in [2.45, 2.75) is 13.5 Å². The van der Waals surface area contributed by atoms with Crippen molar-refractivity contribution in [1.82, 2.24) is 9.78 Å². The molecule has 1 heterocycles. The van der Waals surface area contributed by atoms with Gasteiger partial charge in [0.2, 0.25) is 0 Å². The fourth-order valence-corrected chi connectivity index (χ4v) is 2.46. The number of hydrogen-bond acceptors (Lipinski definition) is 3. The summed E-state index contributed by atoms with van der Waals surface area (Å²) in [7, 11) is 0. The molecule has 0 aliphatic rings. The van der Waals surface area contributed by atoms with Crippen LogP contribution in [0.4, 0.5) is 8.78 Å². The molecule has 0 bridgehead atoms. The summed E-state index contributed by atoms with van der Waals surface area (Å²) in [5.41, 5.74) is 2.35. The smallest absolute Gasteiger partial charge is 0.358 e. The molecule has 0 N–H and O–H groups in total. The maximum atomic E-state index is 13.2. The minimum atomic E-state index is -0.524. The van der Waals surface area contributed by atoms with E-state index < -0.39 is 5.97 Å². The number of carbonyl (C=O) groups excluding carboxylic acids is 1. The maximum absolute atomic E-state index is 13.2. The third-order valence-corrected chi connectivity index (χ3v) is 3.65. The number of hydrogen-bond donors (Lipinski definition) is 0. The SMILES string of the molecule is CCOC(=O)c1cc(-c2ccc(F)cc2)n(Cc2ccc(F)cc2)n1. The van der Waals surface area contributed by atoms with Crippen molar-refractivity contribution in [1.29, 1.82) is 0 Å². The lowest BCUT2D eigenvalue weighted by atomic mass is 10.1. The summed E-state index contributed by atoms with van der Waals surface area (Å²) < 4.78 is 32.9. The highest BCUT2D eigenvalue weighted by Gasteiger charge is 2.17. The van der Waals surface area contributed by atoms with Crippen LogP contribution in [0.3, 0.4) is 0 Å². The van der Waals surface area contributed by atoms with Crippen molar-refractivity contribution >= 4 is 5.97 Å². The van der Waals surface area contributed by atoms with Crippen LogP contribution in [0.5, 0.6) is 0 Å². The average Bonchev–Trinajstić information content (AvgIpc) is 3.02. The molecule has 1 aromatic heterocycles. The number of nitrogens with zero attached hydrogens (tertiary/aromatic N) is 2. The molecule has 0 spiro atoms. The molecule has 0 atom stereocenters. The lowest BCUT2D eigenvalue weighted by Crippen LogP contribution is -2.08. The fourth-order valence-electron chi connectivity index (χ4n) is 2.46. The van der Waals surface area contributed by atoms with Gasteiger partial charge in [-0.15, -0.1) is 0 Å². The molecule has 0 unspecified atom stereocenters. The number of ether oxygens (including phenoxy) is 1. The van der Waals surface area contributed by atoms with E-state index in [1.165, 1.54) is 24.3 Å². The van der Waals surface area contributed by atoms with Crippen LogP contribution in [-0.2, 0) is 11.3 Å². The van der Waals surface area contributed by atoms with E-state index in [9.17, 15) is 13.6 Å². The zero-order valence-corrected chi connectivity index (χ0v) is 13.6. The Labute approximate surface area is 143 Å². The molecule has 2 aromatic carbocycles. The second-order valence-electron chi connectivity index (χ2n) is 5.43. The molecule has 0 saturated heterocycles. The number of aromatic nitrogens is 2. The summed E-state index contributed by atoms with van der Waals surface area (Å²) >= 11 is 0. The molecule has 4 nitrogen and oxygen atoms in total. The second-order valence-corrected chi connectivity index (χ2v) is 5.43. The molecule has 3 aromatic rings. The topological polar surface area (TPSA) is 44.1 Å². The Morgan fingerprint density at radius 2 is 1.64 bits per heavy atom. The van der Waals surface area contributed by atoms with Crippen LogP contribution in [0.1, 0.15) is 23.0 Å². The minimum absolute atomic E-state index is 0.170. The summed E-state index contributed by atoms with van der Waals surface area (Å²) in [6.07, 6.45) is 0. The molecular weight excluding hydrogens is 326 g/mol. The van der Waals surface area contributed by atoms with E-state index in [1.807, 2.05) is 0 Å². The molecule has 0 fully saturated rings. The maximum Gasteiger partial charge on any atom is 0.358 e. The van der Waals surface area contributed by atoms with E-state index in [4.69, 9.17) is 4.74 Å². The van der Waals surface area contributed by atoms with Gasteiger partial charge in [0.15, 0.2) is 5.69 Å². The van der Waals surface area contributed by atoms with E-state index in [1.54, 1.807) is 41.9 Å². The van der Waals surface area contributed by atoms with Crippen molar-refractivity contribution in [3.8, 4) is 11.3 Å². The van der Waals surface area contributed by atoms with Crippen molar-refractivity contribution in [2.75, 3.05) is 6.61 Å². The number of esters is 1. The van der Waals surface area contributed by atoms with E-state index in [0.717, 1.165) is 5.56 Å². The molecule has 25 heavy (non-hydrogen) atoms. The first-order valence-electron chi connectivity index (χ1n) is 7.82. The monoisotopic (exact) mass is 342 g/mol. The van der Waals surface area contributed by atoms with Crippen molar-refractivity contribution in [3.05, 3.63) is 77.5 Å². The Kier molecular flexibility index (Phi) is 4.88. The van der Waals surface area contributed by atoms with Crippen molar-refractivity contribution < 1.29 is 18.3 Å². The minimum Gasteiger partial charge on any atom is -0.461 e. The van der Waals surface area contributed by atoms with Crippen LogP contribution >= 0.6 is 0 Å². The summed E-state index contributed by atoms with van der Waals surface area (Å²) in [5.74, 6) is -1.20. The predicted octanol–water partition coefficient (Wildman–Crippen LogP) is 4.05.